The highest BCUT2D eigenvalue weighted by Gasteiger charge is 2.10. The van der Waals surface area contributed by atoms with Crippen LogP contribution in [-0.2, 0) is 0 Å². The number of aromatic nitrogens is 3. The summed E-state index contributed by atoms with van der Waals surface area (Å²) < 4.78 is 5.85. The predicted molar refractivity (Wildman–Crippen MR) is 61.8 cm³/mol. The molecule has 0 unspecified atom stereocenters. The summed E-state index contributed by atoms with van der Waals surface area (Å²) in [7, 11) is 1.49. The monoisotopic (exact) mass is 286 g/mol. The molecule has 2 rings (SSSR count). The number of halogens is 1. The fourth-order valence-electron chi connectivity index (χ4n) is 1.02. The molecule has 0 bridgehead atoms. The van der Waals surface area contributed by atoms with Gasteiger partial charge in [-0.1, -0.05) is 0 Å². The van der Waals surface area contributed by atoms with Gasteiger partial charge in [0.25, 0.3) is 0 Å². The molecule has 2 aromatic heterocycles. The van der Waals surface area contributed by atoms with Crippen molar-refractivity contribution >= 4 is 33.2 Å². The first kappa shape index (κ1) is 10.3. The average Bonchev–Trinajstić information content (AvgIpc) is 2.63. The highest BCUT2D eigenvalue weighted by molar-refractivity contribution is 9.10. The van der Waals surface area contributed by atoms with Crippen LogP contribution in [0.15, 0.2) is 15.2 Å². The molecule has 5 nitrogen and oxygen atoms in total. The second kappa shape index (κ2) is 4.11. The summed E-state index contributed by atoms with van der Waals surface area (Å²) >= 11 is 4.95. The van der Waals surface area contributed by atoms with E-state index in [4.69, 9.17) is 10.5 Å². The first-order valence-electron chi connectivity index (χ1n) is 3.98. The molecule has 2 N–H and O–H groups in total. The molecule has 0 aliphatic heterocycles. The van der Waals surface area contributed by atoms with Gasteiger partial charge in [-0.3, -0.25) is 0 Å². The Labute approximate surface area is 98.5 Å². The molecule has 78 valence electrons. The van der Waals surface area contributed by atoms with E-state index in [-0.39, 0.29) is 12.0 Å². The number of methoxy groups -OCH3 is 1. The number of anilines is 1. The Morgan fingerprint density at radius 2 is 2.13 bits per heavy atom. The van der Waals surface area contributed by atoms with Crippen molar-refractivity contribution in [3.63, 3.8) is 0 Å². The lowest BCUT2D eigenvalue weighted by Gasteiger charge is -2.02. The van der Waals surface area contributed by atoms with Crippen LogP contribution in [0.1, 0.15) is 0 Å². The van der Waals surface area contributed by atoms with Crippen LogP contribution in [0.4, 0.5) is 5.95 Å². The smallest absolute Gasteiger partial charge is 0.321 e. The zero-order valence-electron chi connectivity index (χ0n) is 7.77. The molecule has 15 heavy (non-hydrogen) atoms. The molecule has 0 fully saturated rings. The molecule has 0 atom stereocenters. The summed E-state index contributed by atoms with van der Waals surface area (Å²) in [5, 5.41) is 3.88. The maximum atomic E-state index is 5.54. The van der Waals surface area contributed by atoms with Crippen LogP contribution in [0.2, 0.25) is 0 Å². The molecule has 0 aliphatic carbocycles. The minimum absolute atomic E-state index is 0.148. The van der Waals surface area contributed by atoms with Crippen LogP contribution in [0.3, 0.4) is 0 Å². The molecule has 0 aromatic carbocycles. The lowest BCUT2D eigenvalue weighted by molar-refractivity contribution is 0.379. The molecular formula is C8H7BrN4OS. The van der Waals surface area contributed by atoms with Crippen molar-refractivity contribution in [3.8, 4) is 17.4 Å². The first-order valence-corrected chi connectivity index (χ1v) is 5.72. The summed E-state index contributed by atoms with van der Waals surface area (Å²) in [6, 6.07) is 0.218. The van der Waals surface area contributed by atoms with Crippen molar-refractivity contribution < 1.29 is 4.74 Å². The summed E-state index contributed by atoms with van der Waals surface area (Å²) in [5.41, 5.74) is 6.42. The SMILES string of the molecule is COc1nc(N)nc(-c2cscc2Br)n1. The van der Waals surface area contributed by atoms with Crippen LogP contribution in [-0.4, -0.2) is 22.1 Å². The van der Waals surface area contributed by atoms with Crippen LogP contribution in [0, 0.1) is 0 Å². The molecule has 0 amide bonds. The second-order valence-electron chi connectivity index (χ2n) is 2.64. The third-order valence-electron chi connectivity index (χ3n) is 1.67. The number of nitrogen functional groups attached to an aromatic ring is 1. The molecule has 0 aliphatic rings. The lowest BCUT2D eigenvalue weighted by Crippen LogP contribution is -2.02. The number of thiophene rings is 1. The minimum Gasteiger partial charge on any atom is -0.467 e. The maximum Gasteiger partial charge on any atom is 0.321 e. The molecule has 0 saturated heterocycles. The van der Waals surface area contributed by atoms with E-state index < -0.39 is 0 Å². The number of nitrogens with two attached hydrogens (primary N) is 1. The minimum atomic E-state index is 0.148. The van der Waals surface area contributed by atoms with E-state index in [1.807, 2.05) is 10.8 Å². The van der Waals surface area contributed by atoms with Gasteiger partial charge in [0.15, 0.2) is 5.82 Å². The van der Waals surface area contributed by atoms with E-state index >= 15 is 0 Å². The zero-order valence-corrected chi connectivity index (χ0v) is 10.2. The number of nitrogens with zero attached hydrogens (tertiary/aromatic N) is 3. The normalized spacial score (nSPS) is 10.3. The molecular weight excluding hydrogens is 280 g/mol. The zero-order chi connectivity index (χ0) is 10.8. The van der Waals surface area contributed by atoms with Crippen LogP contribution >= 0.6 is 27.3 Å². The predicted octanol–water partition coefficient (Wildman–Crippen LogP) is 1.95. The number of hydrogen-bond donors (Lipinski definition) is 1. The molecule has 0 spiro atoms. The van der Waals surface area contributed by atoms with Gasteiger partial charge in [-0.2, -0.15) is 26.3 Å². The van der Waals surface area contributed by atoms with Crippen molar-refractivity contribution in [2.24, 2.45) is 0 Å². The largest absolute Gasteiger partial charge is 0.467 e. The third-order valence-corrected chi connectivity index (χ3v) is 3.37. The van der Waals surface area contributed by atoms with Gasteiger partial charge in [-0.05, 0) is 15.9 Å². The van der Waals surface area contributed by atoms with Crippen molar-refractivity contribution in [1.82, 2.24) is 15.0 Å². The van der Waals surface area contributed by atoms with E-state index in [2.05, 4.69) is 30.9 Å². The summed E-state index contributed by atoms with van der Waals surface area (Å²) in [6.45, 7) is 0. The van der Waals surface area contributed by atoms with Crippen LogP contribution in [0.5, 0.6) is 6.01 Å². The van der Waals surface area contributed by atoms with Gasteiger partial charge in [0.2, 0.25) is 5.95 Å². The van der Waals surface area contributed by atoms with Crippen molar-refractivity contribution in [1.29, 1.82) is 0 Å². The summed E-state index contributed by atoms with van der Waals surface area (Å²) in [5.74, 6) is 0.655. The number of hydrogen-bond acceptors (Lipinski definition) is 6. The standard InChI is InChI=1S/C8H7BrN4OS/c1-14-8-12-6(11-7(10)13-8)4-2-15-3-5(4)9/h2-3H,1H3,(H2,10,11,12,13). The van der Waals surface area contributed by atoms with Crippen LogP contribution in [0.25, 0.3) is 11.4 Å². The Kier molecular flexibility index (Phi) is 2.83. The number of rotatable bonds is 2. The Bertz CT molecular complexity index is 487. The third kappa shape index (κ3) is 2.07. The molecule has 0 saturated carbocycles. The van der Waals surface area contributed by atoms with Crippen molar-refractivity contribution in [2.45, 2.75) is 0 Å². The van der Waals surface area contributed by atoms with Crippen molar-refractivity contribution in [2.75, 3.05) is 12.8 Å². The Morgan fingerprint density at radius 3 is 2.73 bits per heavy atom. The molecule has 7 heteroatoms. The fraction of sp³-hybridized carbons (Fsp3) is 0.125. The van der Waals surface area contributed by atoms with Crippen LogP contribution < -0.4 is 10.5 Å². The van der Waals surface area contributed by atoms with E-state index in [0.29, 0.717) is 5.82 Å². The second-order valence-corrected chi connectivity index (χ2v) is 4.24. The molecule has 2 aromatic rings. The van der Waals surface area contributed by atoms with E-state index in [1.54, 1.807) is 11.3 Å². The Hall–Kier alpha value is -1.21. The van der Waals surface area contributed by atoms with Gasteiger partial charge >= 0.3 is 6.01 Å². The number of ether oxygens (including phenoxy) is 1. The average molecular weight is 287 g/mol. The Balaban J connectivity index is 2.53. The fourth-order valence-corrected chi connectivity index (χ4v) is 2.47. The Morgan fingerprint density at radius 1 is 1.33 bits per heavy atom. The van der Waals surface area contributed by atoms with E-state index in [9.17, 15) is 0 Å². The van der Waals surface area contributed by atoms with Gasteiger partial charge in [-0.15, -0.1) is 0 Å². The van der Waals surface area contributed by atoms with Gasteiger partial charge in [0.05, 0.1) is 7.11 Å². The van der Waals surface area contributed by atoms with Gasteiger partial charge in [0, 0.05) is 20.8 Å². The lowest BCUT2D eigenvalue weighted by atomic mass is 10.3. The van der Waals surface area contributed by atoms with Gasteiger partial charge < -0.3 is 10.5 Å². The first-order chi connectivity index (χ1) is 7.20. The quantitative estimate of drug-likeness (QED) is 0.913. The highest BCUT2D eigenvalue weighted by Crippen LogP contribution is 2.29. The van der Waals surface area contributed by atoms with Crippen molar-refractivity contribution in [3.05, 3.63) is 15.2 Å². The van der Waals surface area contributed by atoms with E-state index in [0.717, 1.165) is 10.0 Å². The van der Waals surface area contributed by atoms with Gasteiger partial charge in [0.1, 0.15) is 0 Å². The summed E-state index contributed by atoms with van der Waals surface area (Å²) in [4.78, 5) is 12.0. The van der Waals surface area contributed by atoms with Gasteiger partial charge in [-0.25, -0.2) is 0 Å². The summed E-state index contributed by atoms with van der Waals surface area (Å²) in [6.07, 6.45) is 0. The topological polar surface area (TPSA) is 73.9 Å². The molecule has 2 heterocycles. The highest BCUT2D eigenvalue weighted by atomic mass is 79.9. The molecule has 0 radical (unpaired) electrons. The maximum absolute atomic E-state index is 5.54. The van der Waals surface area contributed by atoms with E-state index in [1.165, 1.54) is 7.11 Å².